The van der Waals surface area contributed by atoms with Gasteiger partial charge in [0.1, 0.15) is 5.92 Å². The number of carbonyl (C=O) groups is 2. The minimum atomic E-state index is -1.03. The van der Waals surface area contributed by atoms with Crippen LogP contribution in [0.25, 0.3) is 0 Å². The summed E-state index contributed by atoms with van der Waals surface area (Å²) in [6, 6.07) is 0. The number of hydrogen-bond acceptors (Lipinski definition) is 3. The van der Waals surface area contributed by atoms with E-state index in [1.807, 2.05) is 7.05 Å². The van der Waals surface area contributed by atoms with Crippen molar-refractivity contribution in [3.05, 3.63) is 0 Å². The number of likely N-dealkylation sites (N-methyl/N-ethyl adjacent to an activating group) is 1. The fraction of sp³-hybridized carbons (Fsp3) is 0.833. The molecule has 1 heterocycles. The van der Waals surface area contributed by atoms with Crippen molar-refractivity contribution >= 4 is 11.9 Å². The van der Waals surface area contributed by atoms with Crippen molar-refractivity contribution in [1.29, 1.82) is 0 Å². The highest BCUT2D eigenvalue weighted by Crippen LogP contribution is 2.28. The van der Waals surface area contributed by atoms with Crippen molar-refractivity contribution in [2.45, 2.75) is 20.8 Å². The molecule has 1 aliphatic rings. The molecule has 1 amide bonds. The molecule has 0 aliphatic carbocycles. The fourth-order valence-electron chi connectivity index (χ4n) is 2.06. The lowest BCUT2D eigenvalue weighted by molar-refractivity contribution is -0.156. The Morgan fingerprint density at radius 1 is 1.12 bits per heavy atom. The van der Waals surface area contributed by atoms with Crippen LogP contribution in [0.3, 0.4) is 0 Å². The SMILES string of the molecule is CN1CCN(C(=O)C(C(=O)O)C(C)(C)C)CC1. The Morgan fingerprint density at radius 2 is 1.59 bits per heavy atom. The molecule has 0 aromatic heterocycles. The zero-order valence-corrected chi connectivity index (χ0v) is 11.1. The molecule has 1 fully saturated rings. The predicted molar refractivity (Wildman–Crippen MR) is 64.7 cm³/mol. The number of nitrogens with zero attached hydrogens (tertiary/aromatic N) is 2. The Hall–Kier alpha value is -1.10. The zero-order valence-electron chi connectivity index (χ0n) is 11.1. The van der Waals surface area contributed by atoms with Crippen LogP contribution in [0.4, 0.5) is 0 Å². The van der Waals surface area contributed by atoms with E-state index in [0.29, 0.717) is 13.1 Å². The molecule has 0 aromatic carbocycles. The summed E-state index contributed by atoms with van der Waals surface area (Å²) in [5.74, 6) is -2.23. The van der Waals surface area contributed by atoms with Gasteiger partial charge < -0.3 is 14.9 Å². The van der Waals surface area contributed by atoms with Crippen molar-refractivity contribution in [3.8, 4) is 0 Å². The third-order valence-corrected chi connectivity index (χ3v) is 3.17. The van der Waals surface area contributed by atoms with Gasteiger partial charge in [0.05, 0.1) is 0 Å². The standard InChI is InChI=1S/C12H22N2O3/c1-12(2,3)9(11(16)17)10(15)14-7-5-13(4)6-8-14/h9H,5-8H2,1-4H3,(H,16,17). The lowest BCUT2D eigenvalue weighted by atomic mass is 9.79. The summed E-state index contributed by atoms with van der Waals surface area (Å²) in [6.45, 7) is 8.23. The summed E-state index contributed by atoms with van der Waals surface area (Å²) >= 11 is 0. The molecule has 0 spiro atoms. The molecule has 0 aromatic rings. The average Bonchev–Trinajstić information content (AvgIpc) is 2.15. The topological polar surface area (TPSA) is 60.9 Å². The average molecular weight is 242 g/mol. The summed E-state index contributed by atoms with van der Waals surface area (Å²) in [4.78, 5) is 27.3. The number of carboxylic acid groups (broad SMARTS) is 1. The van der Waals surface area contributed by atoms with Crippen molar-refractivity contribution < 1.29 is 14.7 Å². The van der Waals surface area contributed by atoms with Crippen LogP contribution in [0.15, 0.2) is 0 Å². The molecule has 0 bridgehead atoms. The van der Waals surface area contributed by atoms with Crippen LogP contribution < -0.4 is 0 Å². The molecule has 1 aliphatic heterocycles. The van der Waals surface area contributed by atoms with Crippen LogP contribution >= 0.6 is 0 Å². The van der Waals surface area contributed by atoms with Gasteiger partial charge in [-0.1, -0.05) is 20.8 Å². The molecule has 5 heteroatoms. The summed E-state index contributed by atoms with van der Waals surface area (Å²) in [6.07, 6.45) is 0. The van der Waals surface area contributed by atoms with Crippen molar-refractivity contribution in [2.24, 2.45) is 11.3 Å². The van der Waals surface area contributed by atoms with Crippen LogP contribution in [0.1, 0.15) is 20.8 Å². The second-order valence-electron chi connectivity index (χ2n) is 5.77. The van der Waals surface area contributed by atoms with Crippen LogP contribution in [0.5, 0.6) is 0 Å². The van der Waals surface area contributed by atoms with Crippen molar-refractivity contribution in [2.75, 3.05) is 33.2 Å². The van der Waals surface area contributed by atoms with Gasteiger partial charge >= 0.3 is 5.97 Å². The third-order valence-electron chi connectivity index (χ3n) is 3.17. The molecule has 0 radical (unpaired) electrons. The maximum Gasteiger partial charge on any atom is 0.316 e. The molecule has 1 unspecified atom stereocenters. The number of piperazine rings is 1. The number of hydrogen-bond donors (Lipinski definition) is 1. The molecule has 17 heavy (non-hydrogen) atoms. The predicted octanol–water partition coefficient (Wildman–Crippen LogP) is 0.507. The van der Waals surface area contributed by atoms with Gasteiger partial charge in [0.15, 0.2) is 0 Å². The van der Waals surface area contributed by atoms with Crippen LogP contribution in [0, 0.1) is 11.3 Å². The molecule has 1 rings (SSSR count). The second-order valence-corrected chi connectivity index (χ2v) is 5.77. The number of amides is 1. The van der Waals surface area contributed by atoms with Crippen LogP contribution in [-0.4, -0.2) is 60.0 Å². The van der Waals surface area contributed by atoms with E-state index in [9.17, 15) is 14.7 Å². The minimum absolute atomic E-state index is 0.252. The smallest absolute Gasteiger partial charge is 0.316 e. The Bertz CT molecular complexity index is 301. The lowest BCUT2D eigenvalue weighted by Gasteiger charge is -2.36. The van der Waals surface area contributed by atoms with E-state index < -0.39 is 17.3 Å². The molecule has 1 saturated heterocycles. The first kappa shape index (κ1) is 14.0. The van der Waals surface area contributed by atoms with Crippen LogP contribution in [0.2, 0.25) is 0 Å². The van der Waals surface area contributed by atoms with Gasteiger partial charge in [-0.3, -0.25) is 9.59 Å². The van der Waals surface area contributed by atoms with Gasteiger partial charge in [0.25, 0.3) is 0 Å². The maximum absolute atomic E-state index is 12.2. The fourth-order valence-corrected chi connectivity index (χ4v) is 2.06. The van der Waals surface area contributed by atoms with Crippen molar-refractivity contribution in [3.63, 3.8) is 0 Å². The number of carbonyl (C=O) groups excluding carboxylic acids is 1. The van der Waals surface area contributed by atoms with E-state index in [2.05, 4.69) is 4.90 Å². The molecular weight excluding hydrogens is 220 g/mol. The van der Waals surface area contributed by atoms with E-state index in [-0.39, 0.29) is 5.91 Å². The Kier molecular flexibility index (Phi) is 4.14. The number of carboxylic acids is 1. The first-order chi connectivity index (χ1) is 7.73. The quantitative estimate of drug-likeness (QED) is 0.717. The highest BCUT2D eigenvalue weighted by atomic mass is 16.4. The second kappa shape index (κ2) is 5.04. The van der Waals surface area contributed by atoms with Crippen LogP contribution in [-0.2, 0) is 9.59 Å². The summed E-state index contributed by atoms with van der Waals surface area (Å²) < 4.78 is 0. The number of rotatable bonds is 2. The van der Waals surface area contributed by atoms with E-state index in [0.717, 1.165) is 13.1 Å². The molecule has 1 N–H and O–H groups in total. The molecular formula is C12H22N2O3. The van der Waals surface area contributed by atoms with Gasteiger partial charge in [-0.25, -0.2) is 0 Å². The first-order valence-electron chi connectivity index (χ1n) is 5.93. The van der Waals surface area contributed by atoms with Gasteiger partial charge in [-0.05, 0) is 12.5 Å². The Morgan fingerprint density at radius 3 is 1.94 bits per heavy atom. The monoisotopic (exact) mass is 242 g/mol. The van der Waals surface area contributed by atoms with Gasteiger partial charge in [0.2, 0.25) is 5.91 Å². The number of aliphatic carboxylic acids is 1. The minimum Gasteiger partial charge on any atom is -0.481 e. The highest BCUT2D eigenvalue weighted by molar-refractivity contribution is 5.97. The maximum atomic E-state index is 12.2. The summed E-state index contributed by atoms with van der Waals surface area (Å²) in [5, 5.41) is 9.20. The molecule has 5 nitrogen and oxygen atoms in total. The molecule has 1 atom stereocenters. The summed E-state index contributed by atoms with van der Waals surface area (Å²) in [7, 11) is 2.00. The molecule has 0 saturated carbocycles. The Balaban J connectivity index is 2.76. The molecule has 98 valence electrons. The highest BCUT2D eigenvalue weighted by Gasteiger charge is 2.40. The van der Waals surface area contributed by atoms with E-state index in [1.54, 1.807) is 25.7 Å². The van der Waals surface area contributed by atoms with E-state index in [1.165, 1.54) is 0 Å². The largest absolute Gasteiger partial charge is 0.481 e. The first-order valence-corrected chi connectivity index (χ1v) is 5.93. The normalized spacial score (nSPS) is 20.1. The summed E-state index contributed by atoms with van der Waals surface area (Å²) in [5.41, 5.74) is -0.549. The van der Waals surface area contributed by atoms with Gasteiger partial charge in [-0.15, -0.1) is 0 Å². The Labute approximate surface area is 102 Å². The zero-order chi connectivity index (χ0) is 13.2. The van der Waals surface area contributed by atoms with E-state index >= 15 is 0 Å². The van der Waals surface area contributed by atoms with Crippen molar-refractivity contribution in [1.82, 2.24) is 9.80 Å². The van der Waals surface area contributed by atoms with Gasteiger partial charge in [-0.2, -0.15) is 0 Å². The third kappa shape index (κ3) is 3.43. The van der Waals surface area contributed by atoms with E-state index in [4.69, 9.17) is 0 Å². The lowest BCUT2D eigenvalue weighted by Crippen LogP contribution is -2.52. The van der Waals surface area contributed by atoms with Gasteiger partial charge in [0, 0.05) is 26.2 Å².